The van der Waals surface area contributed by atoms with E-state index in [4.69, 9.17) is 10.00 Å². The summed E-state index contributed by atoms with van der Waals surface area (Å²) in [6.07, 6.45) is 3.46. The van der Waals surface area contributed by atoms with Gasteiger partial charge < -0.3 is 9.64 Å². The predicted molar refractivity (Wildman–Crippen MR) is 109 cm³/mol. The summed E-state index contributed by atoms with van der Waals surface area (Å²) in [5.41, 5.74) is 6.19. The number of nitrogens with zero attached hydrogens (tertiary/aromatic N) is 3. The van der Waals surface area contributed by atoms with E-state index in [0.29, 0.717) is 11.3 Å². The van der Waals surface area contributed by atoms with Crippen LogP contribution in [0, 0.1) is 11.3 Å². The number of ether oxygens (including phenoxy) is 1. The van der Waals surface area contributed by atoms with Crippen LogP contribution in [-0.2, 0) is 10.2 Å². The molecule has 0 saturated carbocycles. The zero-order valence-electron chi connectivity index (χ0n) is 16.1. The van der Waals surface area contributed by atoms with Crippen LogP contribution >= 0.6 is 0 Å². The molecule has 0 fully saturated rings. The summed E-state index contributed by atoms with van der Waals surface area (Å²) in [5, 5.41) is 13.0. The highest BCUT2D eigenvalue weighted by Crippen LogP contribution is 2.46. The normalized spacial score (nSPS) is 16.1. The van der Waals surface area contributed by atoms with Gasteiger partial charge in [-0.15, -0.1) is 0 Å². The molecule has 0 unspecified atom stereocenters. The minimum atomic E-state index is -0.398. The molecule has 2 aromatic carbocycles. The van der Waals surface area contributed by atoms with Crippen molar-refractivity contribution in [3.8, 4) is 11.8 Å². The molecule has 0 atom stereocenters. The van der Waals surface area contributed by atoms with Crippen LogP contribution in [0.3, 0.4) is 0 Å². The standard InChI is InChI=1S/C22H22N4O2/c1-22(2)17-9-5-6-10-18(17)26(3)20(22)12-13-24-25-21(27)15-28-19-11-7-4-8-16(19)14-23/h4-13H,15H2,1-3H3,(H,25,27)/b20-12-,24-13-. The Labute approximate surface area is 164 Å². The van der Waals surface area contributed by atoms with Crippen LogP contribution in [0.4, 0.5) is 5.69 Å². The lowest BCUT2D eigenvalue weighted by Gasteiger charge is -2.23. The van der Waals surface area contributed by atoms with Gasteiger partial charge in [-0.3, -0.25) is 4.79 Å². The minimum absolute atomic E-state index is 0.147. The molecule has 142 valence electrons. The summed E-state index contributed by atoms with van der Waals surface area (Å²) >= 11 is 0. The maximum Gasteiger partial charge on any atom is 0.277 e. The van der Waals surface area contributed by atoms with Crippen molar-refractivity contribution in [2.45, 2.75) is 19.3 Å². The number of nitrogens with one attached hydrogen (secondary N) is 1. The van der Waals surface area contributed by atoms with E-state index in [1.807, 2.05) is 31.3 Å². The quantitative estimate of drug-likeness (QED) is 0.643. The Hall–Kier alpha value is -3.59. The average molecular weight is 374 g/mol. The molecule has 6 nitrogen and oxygen atoms in total. The summed E-state index contributed by atoms with van der Waals surface area (Å²) in [6.45, 7) is 4.10. The predicted octanol–water partition coefficient (Wildman–Crippen LogP) is 3.35. The van der Waals surface area contributed by atoms with Crippen molar-refractivity contribution in [2.24, 2.45) is 5.10 Å². The molecule has 1 aliphatic heterocycles. The number of para-hydroxylation sites is 2. The van der Waals surface area contributed by atoms with E-state index in [0.717, 1.165) is 5.70 Å². The molecule has 6 heteroatoms. The van der Waals surface area contributed by atoms with Crippen molar-refractivity contribution in [1.82, 2.24) is 5.43 Å². The molecular formula is C22H22N4O2. The number of hydrogen-bond donors (Lipinski definition) is 1. The summed E-state index contributed by atoms with van der Waals surface area (Å²) in [4.78, 5) is 14.0. The zero-order chi connectivity index (χ0) is 20.1. The third-order valence-electron chi connectivity index (χ3n) is 4.80. The van der Waals surface area contributed by atoms with E-state index in [2.05, 4.69) is 41.4 Å². The van der Waals surface area contributed by atoms with E-state index in [-0.39, 0.29) is 12.0 Å². The highest BCUT2D eigenvalue weighted by Gasteiger charge is 2.37. The average Bonchev–Trinajstić information content (AvgIpc) is 2.90. The molecular weight excluding hydrogens is 352 g/mol. The zero-order valence-corrected chi connectivity index (χ0v) is 16.1. The molecule has 0 saturated heterocycles. The first-order chi connectivity index (χ1) is 13.4. The van der Waals surface area contributed by atoms with Gasteiger partial charge in [-0.1, -0.05) is 44.2 Å². The maximum atomic E-state index is 11.9. The van der Waals surface area contributed by atoms with Crippen molar-refractivity contribution in [1.29, 1.82) is 5.26 Å². The Balaban J connectivity index is 1.59. The lowest BCUT2D eigenvalue weighted by Crippen LogP contribution is -2.25. The Morgan fingerprint density at radius 2 is 1.96 bits per heavy atom. The number of hydrogen-bond acceptors (Lipinski definition) is 5. The molecule has 0 bridgehead atoms. The summed E-state index contributed by atoms with van der Waals surface area (Å²) < 4.78 is 5.38. The van der Waals surface area contributed by atoms with Gasteiger partial charge in [-0.05, 0) is 29.8 Å². The fourth-order valence-corrected chi connectivity index (χ4v) is 3.38. The smallest absolute Gasteiger partial charge is 0.277 e. The summed E-state index contributed by atoms with van der Waals surface area (Å²) in [7, 11) is 2.02. The topological polar surface area (TPSA) is 77.7 Å². The molecule has 1 amide bonds. The van der Waals surface area contributed by atoms with Gasteiger partial charge in [-0.2, -0.15) is 10.4 Å². The van der Waals surface area contributed by atoms with Gasteiger partial charge in [0.25, 0.3) is 5.91 Å². The molecule has 0 spiro atoms. The number of amides is 1. The second kappa shape index (κ2) is 7.97. The van der Waals surface area contributed by atoms with E-state index < -0.39 is 5.91 Å². The number of hydrazone groups is 1. The summed E-state index contributed by atoms with van der Waals surface area (Å²) in [5.74, 6) is -0.0249. The van der Waals surface area contributed by atoms with Crippen LogP contribution in [0.1, 0.15) is 25.0 Å². The van der Waals surface area contributed by atoms with E-state index >= 15 is 0 Å². The van der Waals surface area contributed by atoms with Gasteiger partial charge in [0.1, 0.15) is 11.8 Å². The molecule has 0 aromatic heterocycles. The lowest BCUT2D eigenvalue weighted by molar-refractivity contribution is -0.123. The number of rotatable bonds is 5. The van der Waals surface area contributed by atoms with Crippen LogP contribution in [0.2, 0.25) is 0 Å². The number of nitriles is 1. The third-order valence-corrected chi connectivity index (χ3v) is 4.80. The molecule has 1 heterocycles. The molecule has 28 heavy (non-hydrogen) atoms. The van der Waals surface area contributed by atoms with Crippen LogP contribution in [0.25, 0.3) is 0 Å². The largest absolute Gasteiger partial charge is 0.482 e. The van der Waals surface area contributed by atoms with Crippen molar-refractivity contribution in [3.05, 3.63) is 71.4 Å². The molecule has 1 N–H and O–H groups in total. The van der Waals surface area contributed by atoms with Gasteiger partial charge in [0.15, 0.2) is 6.61 Å². The first kappa shape index (κ1) is 19.2. The number of allylic oxidation sites excluding steroid dienone is 2. The fraction of sp³-hybridized carbons (Fsp3) is 0.227. The number of fused-ring (bicyclic) bond motifs is 1. The Morgan fingerprint density at radius 1 is 1.25 bits per heavy atom. The van der Waals surface area contributed by atoms with Gasteiger partial charge >= 0.3 is 0 Å². The molecule has 2 aromatic rings. The number of carbonyl (C=O) groups excluding carboxylic acids is 1. The molecule has 1 aliphatic rings. The van der Waals surface area contributed by atoms with Crippen molar-refractivity contribution >= 4 is 17.8 Å². The number of anilines is 1. The second-order valence-electron chi connectivity index (χ2n) is 6.96. The van der Waals surface area contributed by atoms with Gasteiger partial charge in [0.05, 0.1) is 5.56 Å². The van der Waals surface area contributed by atoms with Gasteiger partial charge in [0.2, 0.25) is 0 Å². The van der Waals surface area contributed by atoms with E-state index in [1.165, 1.54) is 11.3 Å². The third kappa shape index (κ3) is 3.74. The monoisotopic (exact) mass is 374 g/mol. The van der Waals surface area contributed by atoms with Gasteiger partial charge in [-0.25, -0.2) is 5.43 Å². The Kier molecular flexibility index (Phi) is 5.46. The van der Waals surface area contributed by atoms with Crippen molar-refractivity contribution in [3.63, 3.8) is 0 Å². The van der Waals surface area contributed by atoms with E-state index in [1.54, 1.807) is 30.5 Å². The lowest BCUT2D eigenvalue weighted by atomic mass is 9.84. The Morgan fingerprint density at radius 3 is 2.71 bits per heavy atom. The Bertz CT molecular complexity index is 986. The molecule has 0 radical (unpaired) electrons. The van der Waals surface area contributed by atoms with Crippen LogP contribution in [0.5, 0.6) is 5.75 Å². The van der Waals surface area contributed by atoms with Crippen LogP contribution in [-0.4, -0.2) is 25.8 Å². The SMILES string of the molecule is CN1/C(=C\C=N/NC(=O)COc2ccccc2C#N)C(C)(C)c2ccccc21. The number of benzene rings is 2. The van der Waals surface area contributed by atoms with E-state index in [9.17, 15) is 4.79 Å². The molecule has 0 aliphatic carbocycles. The second-order valence-corrected chi connectivity index (χ2v) is 6.96. The first-order valence-corrected chi connectivity index (χ1v) is 8.93. The number of carbonyl (C=O) groups is 1. The first-order valence-electron chi connectivity index (χ1n) is 8.93. The van der Waals surface area contributed by atoms with Crippen LogP contribution < -0.4 is 15.1 Å². The van der Waals surface area contributed by atoms with Crippen LogP contribution in [0.15, 0.2) is 65.4 Å². The highest BCUT2D eigenvalue weighted by atomic mass is 16.5. The highest BCUT2D eigenvalue weighted by molar-refractivity contribution is 5.82. The summed E-state index contributed by atoms with van der Waals surface area (Å²) in [6, 6.07) is 17.1. The molecule has 3 rings (SSSR count). The minimum Gasteiger partial charge on any atom is -0.482 e. The van der Waals surface area contributed by atoms with Crippen molar-refractivity contribution < 1.29 is 9.53 Å². The van der Waals surface area contributed by atoms with Crippen molar-refractivity contribution in [2.75, 3.05) is 18.6 Å². The van der Waals surface area contributed by atoms with Gasteiger partial charge in [0, 0.05) is 30.1 Å². The fourth-order valence-electron chi connectivity index (χ4n) is 3.38. The maximum absolute atomic E-state index is 11.9. The number of likely N-dealkylation sites (N-methyl/N-ethyl adjacent to an activating group) is 1.